The normalized spacial score (nSPS) is 10.8. The summed E-state index contributed by atoms with van der Waals surface area (Å²) in [7, 11) is 0. The lowest BCUT2D eigenvalue weighted by molar-refractivity contribution is -0.112. The first-order chi connectivity index (χ1) is 7.75. The summed E-state index contributed by atoms with van der Waals surface area (Å²) in [5.41, 5.74) is 1.22. The van der Waals surface area contributed by atoms with Crippen LogP contribution < -0.4 is 0 Å². The van der Waals surface area contributed by atoms with Crippen LogP contribution in [0.15, 0.2) is 48.5 Å². The van der Waals surface area contributed by atoms with E-state index in [4.69, 9.17) is 0 Å². The Hall–Kier alpha value is -1.67. The van der Waals surface area contributed by atoms with Gasteiger partial charge in [-0.15, -0.1) is 11.3 Å². The van der Waals surface area contributed by atoms with Gasteiger partial charge in [0.2, 0.25) is 0 Å². The number of ketones is 1. The second-order valence-corrected chi connectivity index (χ2v) is 4.63. The molecule has 0 bridgehead atoms. The van der Waals surface area contributed by atoms with Gasteiger partial charge < -0.3 is 0 Å². The van der Waals surface area contributed by atoms with Gasteiger partial charge in [-0.2, -0.15) is 0 Å². The van der Waals surface area contributed by atoms with Gasteiger partial charge in [0.15, 0.2) is 5.78 Å². The monoisotopic (exact) mass is 228 g/mol. The van der Waals surface area contributed by atoms with Gasteiger partial charge in [-0.3, -0.25) is 4.79 Å². The Morgan fingerprint density at radius 2 is 1.88 bits per heavy atom. The highest BCUT2D eigenvalue weighted by Crippen LogP contribution is 2.28. The number of allylic oxidation sites excluding steroid dienone is 1. The Labute approximate surface area is 99.1 Å². The predicted octanol–water partition coefficient (Wildman–Crippen LogP) is 4.02. The van der Waals surface area contributed by atoms with Gasteiger partial charge >= 0.3 is 0 Å². The van der Waals surface area contributed by atoms with E-state index < -0.39 is 0 Å². The van der Waals surface area contributed by atoms with E-state index >= 15 is 0 Å². The fraction of sp³-hybridized carbons (Fsp3) is 0.0714. The van der Waals surface area contributed by atoms with Gasteiger partial charge in [0.25, 0.3) is 0 Å². The highest BCUT2D eigenvalue weighted by molar-refractivity contribution is 7.16. The lowest BCUT2D eigenvalue weighted by Gasteiger charge is -1.94. The molecule has 1 nitrogen and oxygen atoms in total. The molecule has 0 unspecified atom stereocenters. The van der Waals surface area contributed by atoms with Crippen LogP contribution in [0.3, 0.4) is 0 Å². The minimum Gasteiger partial charge on any atom is -0.295 e. The van der Waals surface area contributed by atoms with Crippen LogP contribution in [0.5, 0.6) is 0 Å². The predicted molar refractivity (Wildman–Crippen MR) is 69.5 cm³/mol. The molecule has 0 atom stereocenters. The number of hydrogen-bond donors (Lipinski definition) is 0. The van der Waals surface area contributed by atoms with Crippen molar-refractivity contribution in [2.24, 2.45) is 0 Å². The van der Waals surface area contributed by atoms with Crippen LogP contribution in [0.1, 0.15) is 11.8 Å². The van der Waals surface area contributed by atoms with E-state index in [0.717, 1.165) is 4.88 Å². The first-order valence-electron chi connectivity index (χ1n) is 5.09. The maximum Gasteiger partial charge on any atom is 0.152 e. The van der Waals surface area contributed by atoms with Crippen LogP contribution in [0, 0.1) is 0 Å². The molecular weight excluding hydrogens is 216 g/mol. The summed E-state index contributed by atoms with van der Waals surface area (Å²) in [5.74, 6) is 0.0784. The third-order valence-corrected chi connectivity index (χ3v) is 3.27. The van der Waals surface area contributed by atoms with Gasteiger partial charge in [-0.1, -0.05) is 30.3 Å². The average Bonchev–Trinajstić information content (AvgIpc) is 2.76. The average molecular weight is 228 g/mol. The van der Waals surface area contributed by atoms with Crippen molar-refractivity contribution >= 4 is 23.2 Å². The molecule has 1 heterocycles. The molecule has 2 heteroatoms. The molecule has 2 rings (SSSR count). The number of carbonyl (C=O) groups excluding carboxylic acids is 1. The Morgan fingerprint density at radius 1 is 1.12 bits per heavy atom. The van der Waals surface area contributed by atoms with Crippen molar-refractivity contribution in [2.75, 3.05) is 0 Å². The number of benzene rings is 1. The van der Waals surface area contributed by atoms with Gasteiger partial charge in [-0.05, 0) is 36.8 Å². The van der Waals surface area contributed by atoms with Gasteiger partial charge in [0, 0.05) is 9.75 Å². The van der Waals surface area contributed by atoms with Crippen LogP contribution >= 0.6 is 11.3 Å². The summed E-state index contributed by atoms with van der Waals surface area (Å²) in [5, 5.41) is 0. The Bertz CT molecular complexity index is 509. The summed E-state index contributed by atoms with van der Waals surface area (Å²) in [4.78, 5) is 13.1. The third-order valence-electron chi connectivity index (χ3n) is 2.17. The highest BCUT2D eigenvalue weighted by atomic mass is 32.1. The van der Waals surface area contributed by atoms with Crippen LogP contribution in [0.2, 0.25) is 0 Å². The van der Waals surface area contributed by atoms with E-state index in [1.807, 2.05) is 30.3 Å². The number of carbonyl (C=O) groups is 1. The Balaban J connectivity index is 2.23. The third kappa shape index (κ3) is 2.67. The first-order valence-corrected chi connectivity index (χ1v) is 5.91. The van der Waals surface area contributed by atoms with E-state index in [1.54, 1.807) is 24.3 Å². The quantitative estimate of drug-likeness (QED) is 0.725. The lowest BCUT2D eigenvalue weighted by atomic mass is 10.2. The molecule has 1 aromatic heterocycles. The molecule has 0 amide bonds. The summed E-state index contributed by atoms with van der Waals surface area (Å²) in [6, 6.07) is 14.4. The highest BCUT2D eigenvalue weighted by Gasteiger charge is 1.99. The molecule has 80 valence electrons. The topological polar surface area (TPSA) is 17.1 Å². The molecular formula is C14H12OS. The largest absolute Gasteiger partial charge is 0.295 e. The molecule has 2 aromatic rings. The van der Waals surface area contributed by atoms with Crippen LogP contribution in [0.25, 0.3) is 16.5 Å². The maximum absolute atomic E-state index is 10.8. The summed E-state index contributed by atoms with van der Waals surface area (Å²) >= 11 is 1.69. The molecule has 0 aliphatic heterocycles. The lowest BCUT2D eigenvalue weighted by Crippen LogP contribution is -1.77. The van der Waals surface area contributed by atoms with Gasteiger partial charge in [-0.25, -0.2) is 0 Å². The van der Waals surface area contributed by atoms with E-state index in [2.05, 4.69) is 18.2 Å². The SMILES string of the molecule is CC(=O)C=Cc1ccc(-c2ccccc2)s1. The molecule has 0 spiro atoms. The Morgan fingerprint density at radius 3 is 2.56 bits per heavy atom. The summed E-state index contributed by atoms with van der Waals surface area (Å²) < 4.78 is 0. The van der Waals surface area contributed by atoms with Gasteiger partial charge in [0.05, 0.1) is 0 Å². The van der Waals surface area contributed by atoms with Crippen molar-refractivity contribution in [3.8, 4) is 10.4 Å². The smallest absolute Gasteiger partial charge is 0.152 e. The van der Waals surface area contributed by atoms with Crippen molar-refractivity contribution < 1.29 is 4.79 Å². The molecule has 0 saturated heterocycles. The molecule has 1 aromatic carbocycles. The maximum atomic E-state index is 10.8. The van der Waals surface area contributed by atoms with Crippen LogP contribution in [-0.2, 0) is 4.79 Å². The van der Waals surface area contributed by atoms with E-state index in [1.165, 1.54) is 10.4 Å². The number of thiophene rings is 1. The van der Waals surface area contributed by atoms with Crippen molar-refractivity contribution in [2.45, 2.75) is 6.92 Å². The molecule has 0 aliphatic rings. The number of hydrogen-bond acceptors (Lipinski definition) is 2. The minimum absolute atomic E-state index is 0.0784. The Kier molecular flexibility index (Phi) is 3.32. The molecule has 0 aliphatic carbocycles. The minimum atomic E-state index is 0.0784. The standard InChI is InChI=1S/C14H12OS/c1-11(15)7-8-13-9-10-14(16-13)12-5-3-2-4-6-12/h2-10H,1H3. The van der Waals surface area contributed by atoms with Crippen molar-refractivity contribution in [3.63, 3.8) is 0 Å². The fourth-order valence-electron chi connectivity index (χ4n) is 1.40. The summed E-state index contributed by atoms with van der Waals surface area (Å²) in [6.07, 6.45) is 3.46. The van der Waals surface area contributed by atoms with Crippen LogP contribution in [0.4, 0.5) is 0 Å². The molecule has 0 radical (unpaired) electrons. The zero-order chi connectivity index (χ0) is 11.4. The van der Waals surface area contributed by atoms with E-state index in [-0.39, 0.29) is 5.78 Å². The summed E-state index contributed by atoms with van der Waals surface area (Å²) in [6.45, 7) is 1.56. The molecule has 0 saturated carbocycles. The second kappa shape index (κ2) is 4.90. The first kappa shape index (κ1) is 10.8. The molecule has 0 fully saturated rings. The fourth-order valence-corrected chi connectivity index (χ4v) is 2.32. The van der Waals surface area contributed by atoms with Crippen molar-refractivity contribution in [1.82, 2.24) is 0 Å². The molecule has 16 heavy (non-hydrogen) atoms. The second-order valence-electron chi connectivity index (χ2n) is 3.51. The van der Waals surface area contributed by atoms with Crippen molar-refractivity contribution in [1.29, 1.82) is 0 Å². The van der Waals surface area contributed by atoms with Crippen LogP contribution in [-0.4, -0.2) is 5.78 Å². The molecule has 0 N–H and O–H groups in total. The number of rotatable bonds is 3. The van der Waals surface area contributed by atoms with Gasteiger partial charge in [0.1, 0.15) is 0 Å². The zero-order valence-electron chi connectivity index (χ0n) is 9.01. The van der Waals surface area contributed by atoms with Crippen molar-refractivity contribution in [3.05, 3.63) is 53.4 Å². The zero-order valence-corrected chi connectivity index (χ0v) is 9.83. The van der Waals surface area contributed by atoms with E-state index in [9.17, 15) is 4.79 Å². The van der Waals surface area contributed by atoms with E-state index in [0.29, 0.717) is 0 Å².